The number of nitrogens with one attached hydrogen (secondary N) is 2. The molecule has 2 saturated heterocycles. The van der Waals surface area contributed by atoms with Gasteiger partial charge in [-0.1, -0.05) is 0 Å². The lowest BCUT2D eigenvalue weighted by Crippen LogP contribution is -2.37. The number of hydrogen-bond donors (Lipinski definition) is 10. The number of H-pyrrole nitrogens is 2. The van der Waals surface area contributed by atoms with Crippen molar-refractivity contribution < 1.29 is 85.1 Å². The number of nitrogens with zero attached hydrogens (tertiary/aromatic N) is 2. The van der Waals surface area contributed by atoms with Crippen LogP contribution in [0.1, 0.15) is 12.5 Å². The van der Waals surface area contributed by atoms with Gasteiger partial charge in [-0.15, -0.1) is 0 Å². The minimum Gasteiger partial charge on any atom is -0.387 e. The summed E-state index contributed by atoms with van der Waals surface area (Å²) in [5, 5.41) is 40.7. The van der Waals surface area contributed by atoms with Crippen LogP contribution in [0.25, 0.3) is 0 Å². The number of aliphatic hydroxyl groups excluding tert-OH is 4. The first kappa shape index (κ1) is 38.7. The van der Waals surface area contributed by atoms with Gasteiger partial charge in [0.2, 0.25) is 0 Å². The largest absolute Gasteiger partial charge is 0.490 e. The van der Waals surface area contributed by atoms with Gasteiger partial charge in [-0.3, -0.25) is 33.2 Å². The zero-order chi connectivity index (χ0) is 35.8. The molecule has 4 heterocycles. The predicted octanol–water partition coefficient (Wildman–Crippen LogP) is -4.07. The molecule has 0 spiro atoms. The van der Waals surface area contributed by atoms with Gasteiger partial charge in [-0.25, -0.2) is 27.6 Å². The quantitative estimate of drug-likeness (QED) is 0.0816. The van der Waals surface area contributed by atoms with Crippen LogP contribution in [0.3, 0.4) is 0 Å². The van der Waals surface area contributed by atoms with E-state index in [0.29, 0.717) is 9.13 Å². The molecule has 0 radical (unpaired) electrons. The van der Waals surface area contributed by atoms with E-state index >= 15 is 0 Å². The molecule has 0 aliphatic carbocycles. The van der Waals surface area contributed by atoms with Gasteiger partial charge in [0.05, 0.1) is 13.2 Å². The Morgan fingerprint density at radius 1 is 0.708 bits per heavy atom. The van der Waals surface area contributed by atoms with Gasteiger partial charge >= 0.3 is 43.4 Å². The van der Waals surface area contributed by atoms with Crippen LogP contribution < -0.4 is 22.5 Å². The first-order chi connectivity index (χ1) is 22.2. The Labute approximate surface area is 265 Å². The Morgan fingerprint density at radius 2 is 1.15 bits per heavy atom. The Morgan fingerprint density at radius 3 is 1.60 bits per heavy atom. The lowest BCUT2D eigenvalue weighted by molar-refractivity contribution is -0.0542. The number of ether oxygens (including phenoxy) is 2. The van der Waals surface area contributed by atoms with E-state index < -0.39 is 117 Å². The maximum absolute atomic E-state index is 12.2. The highest BCUT2D eigenvalue weighted by atomic mass is 31.3. The first-order valence-electron chi connectivity index (χ1n) is 12.7. The van der Waals surface area contributed by atoms with Crippen molar-refractivity contribution in [3.8, 4) is 0 Å². The Balaban J connectivity index is 1.27. The molecule has 2 aromatic heterocycles. The molecule has 0 aromatic carbocycles. The van der Waals surface area contributed by atoms with Crippen LogP contribution in [0, 0.1) is 0 Å². The van der Waals surface area contributed by atoms with Gasteiger partial charge in [0.1, 0.15) is 36.6 Å². The van der Waals surface area contributed by atoms with E-state index in [-0.39, 0.29) is 0 Å². The molecule has 10 N–H and O–H groups in total. The molecule has 0 bridgehead atoms. The Kier molecular flexibility index (Phi) is 12.1. The molecule has 0 saturated carbocycles. The highest BCUT2D eigenvalue weighted by molar-refractivity contribution is 7.69. The number of aromatic nitrogens is 4. The molecule has 48 heavy (non-hydrogen) atoms. The number of phosphoric acid groups is 3. The lowest BCUT2D eigenvalue weighted by Gasteiger charge is -2.21. The zero-order valence-electron chi connectivity index (χ0n) is 23.3. The van der Waals surface area contributed by atoms with Gasteiger partial charge < -0.3 is 54.0 Å². The molecule has 3 unspecified atom stereocenters. The second-order valence-corrected chi connectivity index (χ2v) is 15.4. The second kappa shape index (κ2) is 15.0. The maximum Gasteiger partial charge on any atom is 0.490 e. The van der Waals surface area contributed by atoms with Crippen molar-refractivity contribution in [3.63, 3.8) is 0 Å². The number of hydrogen-bond acceptors (Lipinski definition) is 19. The summed E-state index contributed by atoms with van der Waals surface area (Å²) < 4.78 is 69.3. The molecule has 30 heteroatoms. The van der Waals surface area contributed by atoms with Crippen LogP contribution >= 0.6 is 32.1 Å². The topological polar surface area (TPSA) is 387 Å². The third kappa shape index (κ3) is 9.56. The lowest BCUT2D eigenvalue weighted by atomic mass is 10.1. The van der Waals surface area contributed by atoms with E-state index in [1.54, 1.807) is 0 Å². The van der Waals surface area contributed by atoms with Crippen LogP contribution in [-0.2, 0) is 45.1 Å². The minimum absolute atomic E-state index is 0.665. The van der Waals surface area contributed by atoms with Crippen molar-refractivity contribution in [3.05, 3.63) is 66.2 Å². The number of phosphoric ester groups is 1. The summed E-state index contributed by atoms with van der Waals surface area (Å²) in [5.74, 6) is 0. The normalized spacial score (nSPS) is 31.9. The standard InChI is InChI=1S/C18H26N4O22P4/c23-9-1-3-21(17(29)19-9)15-13(27)11(25)7(40-15)5-38-45(31)42-47(34,35)44-48(36,37)43-46(32,33)39-6-8-12(26)14(28)16(41-8)22-4-2-10(24)20-18(22)30/h1-4,7-8,11-16,25-28,31H,5-6H2,(H,32,33)(H,34,35)(H,36,37)(H,19,23,29)(H,20,24,30)/t7-,8-,11-,12-,13-,14-,15-,16-,45+/m1/s1. The Hall–Kier alpha value is -2.12. The smallest absolute Gasteiger partial charge is 0.387 e. The van der Waals surface area contributed by atoms with E-state index in [4.69, 9.17) is 14.0 Å². The van der Waals surface area contributed by atoms with Crippen molar-refractivity contribution in [2.75, 3.05) is 13.2 Å². The van der Waals surface area contributed by atoms with E-state index in [2.05, 4.69) is 17.5 Å². The molecule has 2 aliphatic heterocycles. The molecule has 12 atom stereocenters. The molecule has 2 fully saturated rings. The molecule has 4 rings (SSSR count). The highest BCUT2D eigenvalue weighted by Gasteiger charge is 2.48. The summed E-state index contributed by atoms with van der Waals surface area (Å²) in [6.45, 7) is -2.06. The average Bonchev–Trinajstić information content (AvgIpc) is 3.39. The molecule has 2 aliphatic rings. The fraction of sp³-hybridized carbons (Fsp3) is 0.556. The summed E-state index contributed by atoms with van der Waals surface area (Å²) in [6.07, 6.45) is -11.8. The van der Waals surface area contributed by atoms with Crippen molar-refractivity contribution in [2.24, 2.45) is 0 Å². The van der Waals surface area contributed by atoms with Crippen LogP contribution in [-0.4, -0.2) is 109 Å². The molecule has 0 amide bonds. The monoisotopic (exact) mass is 774 g/mol. The molecule has 26 nitrogen and oxygen atoms in total. The molecular formula is C18H26N4O22P4. The molecular weight excluding hydrogens is 748 g/mol. The summed E-state index contributed by atoms with van der Waals surface area (Å²) in [7, 11) is -21.2. The average molecular weight is 774 g/mol. The number of rotatable bonds is 14. The minimum atomic E-state index is -6.08. The van der Waals surface area contributed by atoms with Gasteiger partial charge in [0.25, 0.3) is 11.1 Å². The van der Waals surface area contributed by atoms with Crippen molar-refractivity contribution >= 4 is 32.1 Å². The zero-order valence-corrected chi connectivity index (χ0v) is 26.9. The van der Waals surface area contributed by atoms with Crippen molar-refractivity contribution in [1.82, 2.24) is 19.1 Å². The summed E-state index contributed by atoms with van der Waals surface area (Å²) in [4.78, 5) is 89.2. The van der Waals surface area contributed by atoms with Gasteiger partial charge in [0.15, 0.2) is 12.5 Å². The van der Waals surface area contributed by atoms with E-state index in [0.717, 1.165) is 24.5 Å². The number of aromatic amines is 2. The van der Waals surface area contributed by atoms with Gasteiger partial charge in [-0.2, -0.15) is 8.62 Å². The van der Waals surface area contributed by atoms with Gasteiger partial charge in [-0.05, 0) is 0 Å². The molecule has 270 valence electrons. The van der Waals surface area contributed by atoms with Crippen molar-refractivity contribution in [2.45, 2.75) is 49.1 Å². The van der Waals surface area contributed by atoms with Crippen LogP contribution in [0.15, 0.2) is 43.7 Å². The number of aliphatic hydroxyl groups is 4. The third-order valence-corrected chi connectivity index (χ3v) is 11.8. The first-order valence-corrected chi connectivity index (χ1v) is 18.3. The fourth-order valence-corrected chi connectivity index (χ4v) is 8.73. The van der Waals surface area contributed by atoms with Crippen LogP contribution in [0.5, 0.6) is 0 Å². The molecule has 2 aromatic rings. The van der Waals surface area contributed by atoms with Gasteiger partial charge in [0, 0.05) is 24.5 Å². The SMILES string of the molecule is O=c1ccn([C@@H]2O[C@H](CO[P@](O)OP(=O)(O)OP(=O)(O)OP(=O)(O)OC[C@H]3O[C@@H](n4ccc(=O)[nH]c4=O)[C@H](O)[C@@H]3O)[C@@H](O)[C@H]2O)c(=O)[nH]1. The van der Waals surface area contributed by atoms with Crippen LogP contribution in [0.2, 0.25) is 0 Å². The Bertz CT molecular complexity index is 1850. The summed E-state index contributed by atoms with van der Waals surface area (Å²) in [6, 6.07) is 1.80. The van der Waals surface area contributed by atoms with E-state index in [9.17, 15) is 72.9 Å². The van der Waals surface area contributed by atoms with Crippen molar-refractivity contribution in [1.29, 1.82) is 0 Å². The maximum atomic E-state index is 12.2. The summed E-state index contributed by atoms with van der Waals surface area (Å²) in [5.41, 5.74) is -3.64. The predicted molar refractivity (Wildman–Crippen MR) is 148 cm³/mol. The summed E-state index contributed by atoms with van der Waals surface area (Å²) >= 11 is 0. The second-order valence-electron chi connectivity index (χ2n) is 9.61. The third-order valence-electron chi connectivity index (χ3n) is 6.26. The van der Waals surface area contributed by atoms with E-state index in [1.165, 1.54) is 0 Å². The fourth-order valence-electron chi connectivity index (χ4n) is 4.18. The van der Waals surface area contributed by atoms with E-state index in [1.807, 2.05) is 9.97 Å². The highest BCUT2D eigenvalue weighted by Crippen LogP contribution is 2.70. The van der Waals surface area contributed by atoms with Crippen LogP contribution in [0.4, 0.5) is 0 Å².